The summed E-state index contributed by atoms with van der Waals surface area (Å²) in [5.74, 6) is 0. The molecule has 2 aromatic rings. The van der Waals surface area contributed by atoms with Crippen LogP contribution in [-0.4, -0.2) is 76.0 Å². The lowest BCUT2D eigenvalue weighted by Gasteiger charge is -2.23. The molecule has 25 heavy (non-hydrogen) atoms. The van der Waals surface area contributed by atoms with Crippen LogP contribution in [0.25, 0.3) is 11.2 Å². The van der Waals surface area contributed by atoms with E-state index in [1.165, 1.54) is 22.1 Å². The van der Waals surface area contributed by atoms with Gasteiger partial charge in [-0.25, -0.2) is 9.97 Å². The van der Waals surface area contributed by atoms with Crippen molar-refractivity contribution in [2.24, 2.45) is 0 Å². The Morgan fingerprint density at radius 1 is 1.04 bits per heavy atom. The van der Waals surface area contributed by atoms with Crippen LogP contribution in [0.5, 0.6) is 0 Å². The van der Waals surface area contributed by atoms with Gasteiger partial charge in [0.1, 0.15) is 6.33 Å². The molecule has 0 radical (unpaired) electrons. The molecule has 0 bridgehead atoms. The summed E-state index contributed by atoms with van der Waals surface area (Å²) in [5, 5.41) is 0. The van der Waals surface area contributed by atoms with Crippen LogP contribution in [0.15, 0.2) is 17.4 Å². The van der Waals surface area contributed by atoms with Crippen LogP contribution < -0.4 is 5.56 Å². The Labute approximate surface area is 141 Å². The van der Waals surface area contributed by atoms with Gasteiger partial charge in [0.2, 0.25) is 0 Å². The molecule has 0 unspecified atom stereocenters. The number of imidazole rings is 1. The van der Waals surface area contributed by atoms with Crippen LogP contribution in [0.4, 0.5) is 0 Å². The van der Waals surface area contributed by atoms with Gasteiger partial charge >= 0.3 is 15.2 Å². The first kappa shape index (κ1) is 19.9. The van der Waals surface area contributed by atoms with Crippen molar-refractivity contribution in [2.75, 3.05) is 32.0 Å². The highest BCUT2D eigenvalue weighted by atomic mass is 31.2. The Morgan fingerprint density at radius 2 is 1.64 bits per heavy atom. The average Bonchev–Trinajstić information content (AvgIpc) is 2.95. The standard InChI is InChI=1S/C11H19N5O7P2/c17-11-9-10(13-7-12-9)14-8-16(11)2-1-15(3-5-24(18,19)20)4-6-25(21,22)23/h7-8H,1-6H2,(H,12,13)(H2,18,19,20)(H2,21,22,23). The van der Waals surface area contributed by atoms with Crippen molar-refractivity contribution < 1.29 is 28.7 Å². The Kier molecular flexibility index (Phi) is 6.28. The molecule has 0 spiro atoms. The van der Waals surface area contributed by atoms with Crippen LogP contribution in [0.3, 0.4) is 0 Å². The summed E-state index contributed by atoms with van der Waals surface area (Å²) in [6.45, 7) is 0.196. The summed E-state index contributed by atoms with van der Waals surface area (Å²) >= 11 is 0. The molecular weight excluding hydrogens is 376 g/mol. The normalized spacial score (nSPS) is 13.0. The topological polar surface area (TPSA) is 182 Å². The van der Waals surface area contributed by atoms with Crippen molar-refractivity contribution in [3.63, 3.8) is 0 Å². The van der Waals surface area contributed by atoms with E-state index in [0.29, 0.717) is 0 Å². The van der Waals surface area contributed by atoms with Crippen LogP contribution in [0.2, 0.25) is 0 Å². The minimum atomic E-state index is -4.24. The molecule has 0 aliphatic rings. The molecular formula is C11H19N5O7P2. The second-order valence-corrected chi connectivity index (χ2v) is 9.02. The molecule has 5 N–H and O–H groups in total. The molecule has 2 aromatic heterocycles. The summed E-state index contributed by atoms with van der Waals surface area (Å²) in [4.78, 5) is 60.1. The Hall–Kier alpha value is -1.39. The van der Waals surface area contributed by atoms with Crippen molar-refractivity contribution in [3.8, 4) is 0 Å². The zero-order chi connectivity index (χ0) is 18.7. The van der Waals surface area contributed by atoms with E-state index in [4.69, 9.17) is 19.6 Å². The largest absolute Gasteiger partial charge is 0.339 e. The van der Waals surface area contributed by atoms with Crippen molar-refractivity contribution >= 4 is 26.4 Å². The first-order chi connectivity index (χ1) is 11.6. The molecule has 12 nitrogen and oxygen atoms in total. The molecule has 14 heteroatoms. The number of aromatic nitrogens is 4. The lowest BCUT2D eigenvalue weighted by molar-refractivity contribution is 0.273. The summed E-state index contributed by atoms with van der Waals surface area (Å²) in [6, 6.07) is 0. The average molecular weight is 395 g/mol. The molecule has 2 rings (SSSR count). The summed E-state index contributed by atoms with van der Waals surface area (Å²) in [7, 11) is -8.49. The van der Waals surface area contributed by atoms with Crippen LogP contribution in [0, 0.1) is 0 Å². The quantitative estimate of drug-likeness (QED) is 0.323. The van der Waals surface area contributed by atoms with Crippen molar-refractivity contribution in [3.05, 3.63) is 23.0 Å². The number of hydrogen-bond acceptors (Lipinski definition) is 6. The Bertz CT molecular complexity index is 843. The van der Waals surface area contributed by atoms with Gasteiger partial charge in [-0.15, -0.1) is 0 Å². The Morgan fingerprint density at radius 3 is 2.20 bits per heavy atom. The highest BCUT2D eigenvalue weighted by Gasteiger charge is 2.19. The van der Waals surface area contributed by atoms with Gasteiger partial charge in [-0.3, -0.25) is 18.5 Å². The predicted molar refractivity (Wildman–Crippen MR) is 88.4 cm³/mol. The fourth-order valence-corrected chi connectivity index (χ4v) is 3.24. The van der Waals surface area contributed by atoms with Crippen molar-refractivity contribution in [1.82, 2.24) is 24.4 Å². The number of fused-ring (bicyclic) bond motifs is 1. The van der Waals surface area contributed by atoms with E-state index in [1.54, 1.807) is 0 Å². The number of nitrogens with one attached hydrogen (secondary N) is 1. The maximum atomic E-state index is 12.2. The van der Waals surface area contributed by atoms with Crippen LogP contribution in [0.1, 0.15) is 0 Å². The molecule has 0 aromatic carbocycles. The maximum Gasteiger partial charge on any atom is 0.326 e. The fraction of sp³-hybridized carbons (Fsp3) is 0.545. The third-order valence-corrected chi connectivity index (χ3v) is 5.05. The second-order valence-electron chi connectivity index (χ2n) is 5.46. The van der Waals surface area contributed by atoms with Crippen LogP contribution >= 0.6 is 15.2 Å². The Balaban J connectivity index is 2.06. The van der Waals surface area contributed by atoms with E-state index in [-0.39, 0.29) is 42.9 Å². The van der Waals surface area contributed by atoms with Gasteiger partial charge in [-0.2, -0.15) is 0 Å². The first-order valence-corrected chi connectivity index (χ1v) is 10.8. The molecule has 2 heterocycles. The number of aromatic amines is 1. The third-order valence-electron chi connectivity index (χ3n) is 3.49. The number of nitrogens with zero attached hydrogens (tertiary/aromatic N) is 4. The molecule has 0 fully saturated rings. The minimum Gasteiger partial charge on any atom is -0.339 e. The molecule has 0 amide bonds. The third kappa shape index (κ3) is 6.44. The van der Waals surface area contributed by atoms with Gasteiger partial charge in [0.05, 0.1) is 18.7 Å². The lowest BCUT2D eigenvalue weighted by atomic mass is 10.4. The minimum absolute atomic E-state index is 0.0568. The summed E-state index contributed by atoms with van der Waals surface area (Å²) in [5.41, 5.74) is 0.160. The molecule has 0 aliphatic heterocycles. The monoisotopic (exact) mass is 395 g/mol. The second kappa shape index (κ2) is 7.88. The number of rotatable bonds is 9. The van der Waals surface area contributed by atoms with Crippen molar-refractivity contribution in [1.29, 1.82) is 0 Å². The highest BCUT2D eigenvalue weighted by Crippen LogP contribution is 2.35. The van der Waals surface area contributed by atoms with E-state index in [2.05, 4.69) is 15.0 Å². The van der Waals surface area contributed by atoms with Gasteiger partial charge < -0.3 is 29.5 Å². The van der Waals surface area contributed by atoms with E-state index in [0.717, 1.165) is 0 Å². The van der Waals surface area contributed by atoms with Gasteiger partial charge in [0, 0.05) is 26.2 Å². The van der Waals surface area contributed by atoms with Crippen molar-refractivity contribution in [2.45, 2.75) is 6.54 Å². The van der Waals surface area contributed by atoms with Gasteiger partial charge in [0.15, 0.2) is 11.2 Å². The molecule has 140 valence electrons. The van der Waals surface area contributed by atoms with E-state index in [1.807, 2.05) is 0 Å². The highest BCUT2D eigenvalue weighted by molar-refractivity contribution is 7.52. The van der Waals surface area contributed by atoms with E-state index < -0.39 is 27.5 Å². The van der Waals surface area contributed by atoms with E-state index in [9.17, 15) is 13.9 Å². The van der Waals surface area contributed by atoms with Gasteiger partial charge in [-0.05, 0) is 0 Å². The number of H-pyrrole nitrogens is 1. The fourth-order valence-electron chi connectivity index (χ4n) is 2.15. The molecule has 0 saturated carbocycles. The summed E-state index contributed by atoms with van der Waals surface area (Å²) in [6.07, 6.45) is 1.76. The maximum absolute atomic E-state index is 12.2. The van der Waals surface area contributed by atoms with Crippen LogP contribution in [-0.2, 0) is 15.7 Å². The molecule has 0 atom stereocenters. The zero-order valence-corrected chi connectivity index (χ0v) is 14.9. The zero-order valence-electron chi connectivity index (χ0n) is 13.1. The smallest absolute Gasteiger partial charge is 0.326 e. The SMILES string of the molecule is O=c1c2[nH]cnc2ncn1CCN(CCP(=O)(O)O)CCP(=O)(O)O. The lowest BCUT2D eigenvalue weighted by Crippen LogP contribution is -2.35. The van der Waals surface area contributed by atoms with Gasteiger partial charge in [-0.1, -0.05) is 0 Å². The first-order valence-electron chi connectivity index (χ1n) is 7.25. The predicted octanol–water partition coefficient (Wildman–Crippen LogP) is -1.22. The molecule has 0 aliphatic carbocycles. The van der Waals surface area contributed by atoms with E-state index >= 15 is 0 Å². The number of hydrogen-bond donors (Lipinski definition) is 5. The van der Waals surface area contributed by atoms with Gasteiger partial charge in [0.25, 0.3) is 5.56 Å². The molecule has 0 saturated heterocycles. The summed E-state index contributed by atoms with van der Waals surface area (Å²) < 4.78 is 23.3.